The van der Waals surface area contributed by atoms with Crippen LogP contribution < -0.4 is 26.0 Å². The summed E-state index contributed by atoms with van der Waals surface area (Å²) in [6.07, 6.45) is 0.834. The highest BCUT2D eigenvalue weighted by Gasteiger charge is 2.18. The molecule has 1 atom stereocenters. The van der Waals surface area contributed by atoms with Crippen LogP contribution in [0.4, 0.5) is 0 Å². The van der Waals surface area contributed by atoms with Crippen molar-refractivity contribution < 1.29 is 14.3 Å². The smallest absolute Gasteiger partial charge is 0.332 e. The van der Waals surface area contributed by atoms with E-state index >= 15 is 0 Å². The summed E-state index contributed by atoms with van der Waals surface area (Å²) < 4.78 is 13.7. The van der Waals surface area contributed by atoms with Gasteiger partial charge in [0.25, 0.3) is 11.5 Å². The van der Waals surface area contributed by atoms with Crippen LogP contribution in [0.3, 0.4) is 0 Å². The van der Waals surface area contributed by atoms with Gasteiger partial charge in [0.05, 0.1) is 38.2 Å². The van der Waals surface area contributed by atoms with E-state index in [1.807, 2.05) is 45.0 Å². The van der Waals surface area contributed by atoms with E-state index in [9.17, 15) is 14.4 Å². The molecule has 4 rings (SSSR count). The standard InChI is InChI=1S/C30H33N3O5/c1-6-20(3)31-28(34)23-12-10-21(11-13-23)17-33-29(35)24-15-26(37-4)27(38-5)16-25(24)32(30(33)36)18-22-9-7-8-19(2)14-22/h7-16,20H,6,17-18H2,1-5H3,(H,31,34)/t20-/m0/s1. The van der Waals surface area contributed by atoms with Gasteiger partial charge in [0.2, 0.25) is 0 Å². The van der Waals surface area contributed by atoms with E-state index < -0.39 is 11.2 Å². The maximum absolute atomic E-state index is 13.8. The number of fused-ring (bicyclic) bond motifs is 1. The fourth-order valence-corrected chi connectivity index (χ4v) is 4.38. The van der Waals surface area contributed by atoms with E-state index in [2.05, 4.69) is 5.32 Å². The van der Waals surface area contributed by atoms with E-state index in [0.717, 1.165) is 23.1 Å². The maximum atomic E-state index is 13.8. The molecule has 1 heterocycles. The van der Waals surface area contributed by atoms with Crippen molar-refractivity contribution in [2.24, 2.45) is 0 Å². The Hall–Kier alpha value is -4.33. The zero-order valence-electron chi connectivity index (χ0n) is 22.4. The van der Waals surface area contributed by atoms with Crippen LogP contribution >= 0.6 is 0 Å². The Bertz CT molecular complexity index is 1590. The predicted molar refractivity (Wildman–Crippen MR) is 149 cm³/mol. The number of hydrogen-bond donors (Lipinski definition) is 1. The summed E-state index contributed by atoms with van der Waals surface area (Å²) in [6.45, 7) is 6.29. The van der Waals surface area contributed by atoms with Crippen LogP contribution in [-0.2, 0) is 13.1 Å². The normalized spacial score (nSPS) is 11.8. The first-order valence-electron chi connectivity index (χ1n) is 12.6. The number of methoxy groups -OCH3 is 2. The fraction of sp³-hybridized carbons (Fsp3) is 0.300. The molecule has 0 saturated heterocycles. The van der Waals surface area contributed by atoms with Crippen molar-refractivity contribution in [2.75, 3.05) is 14.2 Å². The summed E-state index contributed by atoms with van der Waals surface area (Å²) in [5.74, 6) is 0.678. The van der Waals surface area contributed by atoms with Crippen LogP contribution in [0.2, 0.25) is 0 Å². The van der Waals surface area contributed by atoms with Crippen molar-refractivity contribution in [3.63, 3.8) is 0 Å². The molecule has 0 bridgehead atoms. The molecule has 0 saturated carbocycles. The number of nitrogens with zero attached hydrogens (tertiary/aromatic N) is 2. The Morgan fingerprint density at radius 2 is 1.55 bits per heavy atom. The average molecular weight is 516 g/mol. The summed E-state index contributed by atoms with van der Waals surface area (Å²) in [5, 5.41) is 3.29. The second-order valence-electron chi connectivity index (χ2n) is 9.45. The molecule has 1 amide bonds. The minimum absolute atomic E-state index is 0.0586. The predicted octanol–water partition coefficient (Wildman–Crippen LogP) is 4.11. The number of aryl methyl sites for hydroxylation is 1. The molecule has 198 valence electrons. The van der Waals surface area contributed by atoms with Gasteiger partial charge in [-0.05, 0) is 49.6 Å². The van der Waals surface area contributed by atoms with Gasteiger partial charge in [0.1, 0.15) is 0 Å². The van der Waals surface area contributed by atoms with Gasteiger partial charge in [0, 0.05) is 17.7 Å². The van der Waals surface area contributed by atoms with Crippen LogP contribution in [0.1, 0.15) is 47.3 Å². The summed E-state index contributed by atoms with van der Waals surface area (Å²) in [7, 11) is 3.02. The SMILES string of the molecule is CC[C@H](C)NC(=O)c1ccc(Cn2c(=O)c3cc(OC)c(OC)cc3n(Cc3cccc(C)c3)c2=O)cc1. The minimum atomic E-state index is -0.435. The number of nitrogens with one attached hydrogen (secondary N) is 1. The quantitative estimate of drug-likeness (QED) is 0.362. The van der Waals surface area contributed by atoms with Gasteiger partial charge in [-0.2, -0.15) is 0 Å². The molecular formula is C30H33N3O5. The first-order valence-corrected chi connectivity index (χ1v) is 12.6. The highest BCUT2D eigenvalue weighted by Crippen LogP contribution is 2.30. The molecule has 8 nitrogen and oxygen atoms in total. The second kappa shape index (κ2) is 11.4. The van der Waals surface area contributed by atoms with Crippen molar-refractivity contribution >= 4 is 16.8 Å². The first-order chi connectivity index (χ1) is 18.2. The Balaban J connectivity index is 1.81. The van der Waals surface area contributed by atoms with Crippen molar-refractivity contribution in [3.05, 3.63) is 104 Å². The number of aromatic nitrogens is 2. The topological polar surface area (TPSA) is 91.6 Å². The van der Waals surface area contributed by atoms with Crippen LogP contribution in [0.25, 0.3) is 10.9 Å². The molecule has 0 aliphatic carbocycles. The Labute approximate surface area is 221 Å². The summed E-state index contributed by atoms with van der Waals surface area (Å²) >= 11 is 0. The van der Waals surface area contributed by atoms with Crippen LogP contribution in [0.5, 0.6) is 11.5 Å². The van der Waals surface area contributed by atoms with Crippen LogP contribution in [0.15, 0.2) is 70.3 Å². The lowest BCUT2D eigenvalue weighted by Gasteiger charge is -2.17. The molecule has 0 aliphatic rings. The average Bonchev–Trinajstić information content (AvgIpc) is 2.92. The zero-order chi connectivity index (χ0) is 27.4. The van der Waals surface area contributed by atoms with Gasteiger partial charge in [-0.15, -0.1) is 0 Å². The molecule has 0 spiro atoms. The number of amides is 1. The summed E-state index contributed by atoms with van der Waals surface area (Å²) in [4.78, 5) is 39.8. The van der Waals surface area contributed by atoms with Gasteiger partial charge in [-0.25, -0.2) is 4.79 Å². The van der Waals surface area contributed by atoms with E-state index in [1.54, 1.807) is 41.0 Å². The Kier molecular flexibility index (Phi) is 8.00. The maximum Gasteiger partial charge on any atom is 0.332 e. The fourth-order valence-electron chi connectivity index (χ4n) is 4.38. The number of ether oxygens (including phenoxy) is 2. The van der Waals surface area contributed by atoms with E-state index in [0.29, 0.717) is 28.0 Å². The lowest BCUT2D eigenvalue weighted by atomic mass is 10.1. The van der Waals surface area contributed by atoms with Gasteiger partial charge in [-0.1, -0.05) is 48.9 Å². The number of carbonyl (C=O) groups excluding carboxylic acids is 1. The van der Waals surface area contributed by atoms with Crippen LogP contribution in [-0.4, -0.2) is 35.3 Å². The molecule has 1 N–H and O–H groups in total. The third-order valence-electron chi connectivity index (χ3n) is 6.70. The molecule has 0 aliphatic heterocycles. The Morgan fingerprint density at radius 3 is 2.18 bits per heavy atom. The number of benzene rings is 3. The summed E-state index contributed by atoms with van der Waals surface area (Å²) in [6, 6.07) is 18.2. The molecule has 0 fully saturated rings. The molecule has 1 aromatic heterocycles. The van der Waals surface area contributed by atoms with Crippen molar-refractivity contribution in [2.45, 2.75) is 46.3 Å². The molecule has 0 radical (unpaired) electrons. The van der Waals surface area contributed by atoms with Crippen molar-refractivity contribution in [1.29, 1.82) is 0 Å². The van der Waals surface area contributed by atoms with Crippen LogP contribution in [0, 0.1) is 6.92 Å². The number of carbonyl (C=O) groups is 1. The van der Waals surface area contributed by atoms with Gasteiger partial charge < -0.3 is 14.8 Å². The largest absolute Gasteiger partial charge is 0.493 e. The molecular weight excluding hydrogens is 482 g/mol. The third-order valence-corrected chi connectivity index (χ3v) is 6.70. The second-order valence-corrected chi connectivity index (χ2v) is 9.45. The zero-order valence-corrected chi connectivity index (χ0v) is 22.4. The monoisotopic (exact) mass is 515 g/mol. The van der Waals surface area contributed by atoms with Gasteiger partial charge >= 0.3 is 5.69 Å². The lowest BCUT2D eigenvalue weighted by molar-refractivity contribution is 0.0939. The summed E-state index contributed by atoms with van der Waals surface area (Å²) in [5.41, 5.74) is 2.86. The third kappa shape index (κ3) is 5.49. The molecule has 8 heteroatoms. The van der Waals surface area contributed by atoms with Gasteiger partial charge in [-0.3, -0.25) is 18.7 Å². The molecule has 3 aromatic carbocycles. The van der Waals surface area contributed by atoms with E-state index in [4.69, 9.17) is 9.47 Å². The number of rotatable bonds is 9. The molecule has 4 aromatic rings. The first kappa shape index (κ1) is 26.7. The van der Waals surface area contributed by atoms with Crippen molar-refractivity contribution in [3.8, 4) is 11.5 Å². The van der Waals surface area contributed by atoms with E-state index in [1.165, 1.54) is 18.8 Å². The lowest BCUT2D eigenvalue weighted by Crippen LogP contribution is -2.40. The molecule has 38 heavy (non-hydrogen) atoms. The minimum Gasteiger partial charge on any atom is -0.493 e. The van der Waals surface area contributed by atoms with Gasteiger partial charge in [0.15, 0.2) is 11.5 Å². The number of hydrogen-bond acceptors (Lipinski definition) is 5. The Morgan fingerprint density at radius 1 is 0.895 bits per heavy atom. The highest BCUT2D eigenvalue weighted by molar-refractivity contribution is 5.94. The van der Waals surface area contributed by atoms with E-state index in [-0.39, 0.29) is 25.0 Å². The molecule has 0 unspecified atom stereocenters. The highest BCUT2D eigenvalue weighted by atomic mass is 16.5. The van der Waals surface area contributed by atoms with Crippen molar-refractivity contribution in [1.82, 2.24) is 14.5 Å².